The summed E-state index contributed by atoms with van der Waals surface area (Å²) in [5.41, 5.74) is 3.05. The van der Waals surface area contributed by atoms with Crippen LogP contribution in [0.5, 0.6) is 0 Å². The second kappa shape index (κ2) is 10.1. The van der Waals surface area contributed by atoms with Gasteiger partial charge in [0.1, 0.15) is 5.52 Å². The molecule has 9 heteroatoms. The van der Waals surface area contributed by atoms with Crippen molar-refractivity contribution in [3.05, 3.63) is 51.0 Å². The van der Waals surface area contributed by atoms with E-state index in [1.165, 1.54) is 12.8 Å². The molecule has 2 saturated heterocycles. The highest BCUT2D eigenvalue weighted by molar-refractivity contribution is 6.35. The fraction of sp³-hybridized carbons (Fsp3) is 0.480. The number of fused-ring (bicyclic) bond motifs is 1. The van der Waals surface area contributed by atoms with E-state index in [-0.39, 0.29) is 12.6 Å². The highest BCUT2D eigenvalue weighted by atomic mass is 35.5. The number of rotatable bonds is 7. The lowest BCUT2D eigenvalue weighted by molar-refractivity contribution is 0.100. The Morgan fingerprint density at radius 1 is 1.12 bits per heavy atom. The second-order valence-electron chi connectivity index (χ2n) is 9.39. The van der Waals surface area contributed by atoms with Crippen molar-refractivity contribution in [2.24, 2.45) is 11.8 Å². The zero-order chi connectivity index (χ0) is 23.8. The molecular formula is C25H29Cl3N4O2. The molecule has 0 aliphatic carbocycles. The number of β-amino-alcohol motifs (C(OH)–C–C–N with tert-alkyl or cyclic N) is 1. The third-order valence-electron chi connectivity index (χ3n) is 7.09. The van der Waals surface area contributed by atoms with Gasteiger partial charge in [-0.15, -0.1) is 0 Å². The number of oxazole rings is 1. The van der Waals surface area contributed by atoms with Gasteiger partial charge in [-0.1, -0.05) is 40.9 Å². The average Bonchev–Trinajstić information content (AvgIpc) is 3.19. The van der Waals surface area contributed by atoms with Crippen LogP contribution in [0.4, 0.5) is 11.7 Å². The van der Waals surface area contributed by atoms with Gasteiger partial charge in [-0.2, -0.15) is 4.98 Å². The fourth-order valence-corrected chi connectivity index (χ4v) is 5.94. The standard InChI is InChI=1S/C25H29Cl3N4O2/c1-15(19-5-4-18(26)11-21(19)28)29-23-20(27)6-7-22-24(23)34-25(30-22)32-13-17(14-32)16-3-2-8-31(12-16)9-10-33/h4-7,11,15-17,29,33H,2-3,8-10,12-14H2,1H3/t15-,16+/m1/s1. The summed E-state index contributed by atoms with van der Waals surface area (Å²) < 4.78 is 6.24. The molecular weight excluding hydrogens is 495 g/mol. The van der Waals surface area contributed by atoms with Crippen molar-refractivity contribution in [3.63, 3.8) is 0 Å². The van der Waals surface area contributed by atoms with Crippen LogP contribution in [-0.4, -0.2) is 54.3 Å². The minimum absolute atomic E-state index is 0.108. The molecule has 6 nitrogen and oxygen atoms in total. The van der Waals surface area contributed by atoms with E-state index in [1.54, 1.807) is 6.07 Å². The maximum Gasteiger partial charge on any atom is 0.298 e. The van der Waals surface area contributed by atoms with Crippen molar-refractivity contribution in [3.8, 4) is 0 Å². The van der Waals surface area contributed by atoms with Crippen LogP contribution < -0.4 is 10.2 Å². The lowest BCUT2D eigenvalue weighted by Gasteiger charge is -2.45. The van der Waals surface area contributed by atoms with Crippen molar-refractivity contribution < 1.29 is 9.52 Å². The zero-order valence-corrected chi connectivity index (χ0v) is 21.4. The molecule has 182 valence electrons. The van der Waals surface area contributed by atoms with Crippen molar-refractivity contribution in [2.45, 2.75) is 25.8 Å². The number of benzene rings is 2. The Labute approximate surface area is 214 Å². The van der Waals surface area contributed by atoms with Gasteiger partial charge in [0, 0.05) is 36.2 Å². The molecule has 2 fully saturated rings. The van der Waals surface area contributed by atoms with Gasteiger partial charge < -0.3 is 24.6 Å². The van der Waals surface area contributed by atoms with E-state index < -0.39 is 0 Å². The normalized spacial score (nSPS) is 20.5. The van der Waals surface area contributed by atoms with Crippen molar-refractivity contribution in [2.75, 3.05) is 49.5 Å². The molecule has 0 bridgehead atoms. The number of hydrogen-bond acceptors (Lipinski definition) is 6. The van der Waals surface area contributed by atoms with Crippen molar-refractivity contribution in [1.82, 2.24) is 9.88 Å². The van der Waals surface area contributed by atoms with Gasteiger partial charge in [0.25, 0.3) is 6.01 Å². The number of piperidine rings is 1. The summed E-state index contributed by atoms with van der Waals surface area (Å²) in [6.07, 6.45) is 2.45. The van der Waals surface area contributed by atoms with Gasteiger partial charge in [-0.25, -0.2) is 0 Å². The molecule has 2 aliphatic heterocycles. The first-order valence-corrected chi connectivity index (χ1v) is 12.9. The van der Waals surface area contributed by atoms with Gasteiger partial charge in [-0.3, -0.25) is 0 Å². The number of hydrogen-bond donors (Lipinski definition) is 2. The fourth-order valence-electron chi connectivity index (χ4n) is 5.16. The highest BCUT2D eigenvalue weighted by Crippen LogP contribution is 2.39. The molecule has 0 unspecified atom stereocenters. The van der Waals surface area contributed by atoms with E-state index >= 15 is 0 Å². The van der Waals surface area contributed by atoms with Crippen LogP contribution in [0, 0.1) is 11.8 Å². The SMILES string of the molecule is C[C@@H](Nc1c(Cl)ccc2nc(N3CC([C@H]4CCCN(CCO)C4)C3)oc12)c1ccc(Cl)cc1Cl. The largest absolute Gasteiger partial charge is 0.421 e. The smallest absolute Gasteiger partial charge is 0.298 e. The molecule has 2 aromatic carbocycles. The van der Waals surface area contributed by atoms with Crippen LogP contribution in [0.2, 0.25) is 15.1 Å². The summed E-state index contributed by atoms with van der Waals surface area (Å²) in [4.78, 5) is 9.32. The molecule has 1 aromatic heterocycles. The molecule has 3 heterocycles. The molecule has 2 atom stereocenters. The second-order valence-corrected chi connectivity index (χ2v) is 10.6. The molecule has 2 aliphatic rings. The number of aliphatic hydroxyl groups excluding tert-OH is 1. The number of nitrogens with zero attached hydrogens (tertiary/aromatic N) is 3. The quantitative estimate of drug-likeness (QED) is 0.390. The minimum Gasteiger partial charge on any atom is -0.421 e. The summed E-state index contributed by atoms with van der Waals surface area (Å²) in [5, 5.41) is 14.5. The van der Waals surface area contributed by atoms with Crippen molar-refractivity contribution in [1.29, 1.82) is 0 Å². The Balaban J connectivity index is 1.30. The molecule has 2 N–H and O–H groups in total. The van der Waals surface area contributed by atoms with E-state index in [1.807, 2.05) is 31.2 Å². The molecule has 5 rings (SSSR count). The summed E-state index contributed by atoms with van der Waals surface area (Å²) in [7, 11) is 0. The van der Waals surface area contributed by atoms with Crippen LogP contribution in [-0.2, 0) is 0 Å². The number of aromatic nitrogens is 1. The average molecular weight is 524 g/mol. The maximum atomic E-state index is 9.26. The predicted molar refractivity (Wildman–Crippen MR) is 139 cm³/mol. The third-order valence-corrected chi connectivity index (χ3v) is 7.97. The first kappa shape index (κ1) is 24.0. The number of halogens is 3. The van der Waals surface area contributed by atoms with Gasteiger partial charge in [0.2, 0.25) is 0 Å². The van der Waals surface area contributed by atoms with Gasteiger partial charge in [-0.05, 0) is 68.0 Å². The number of nitrogens with one attached hydrogen (secondary N) is 1. The Bertz CT molecular complexity index is 1160. The monoisotopic (exact) mass is 522 g/mol. The third kappa shape index (κ3) is 4.84. The van der Waals surface area contributed by atoms with Crippen LogP contribution in [0.1, 0.15) is 31.4 Å². The van der Waals surface area contributed by atoms with Crippen LogP contribution in [0.3, 0.4) is 0 Å². The Hall–Kier alpha value is -1.70. The van der Waals surface area contributed by atoms with E-state index in [0.717, 1.165) is 43.8 Å². The molecule has 0 saturated carbocycles. The lowest BCUT2D eigenvalue weighted by Crippen LogP contribution is -2.53. The van der Waals surface area contributed by atoms with E-state index in [4.69, 9.17) is 44.2 Å². The van der Waals surface area contributed by atoms with E-state index in [9.17, 15) is 5.11 Å². The molecule has 0 amide bonds. The first-order valence-electron chi connectivity index (χ1n) is 11.8. The number of likely N-dealkylation sites (tertiary alicyclic amines) is 1. The van der Waals surface area contributed by atoms with Gasteiger partial charge in [0.15, 0.2) is 5.58 Å². The minimum atomic E-state index is -0.108. The molecule has 0 spiro atoms. The van der Waals surface area contributed by atoms with Gasteiger partial charge in [0.05, 0.1) is 23.4 Å². The molecule has 0 radical (unpaired) electrons. The van der Waals surface area contributed by atoms with Crippen LogP contribution in [0.15, 0.2) is 34.7 Å². The Morgan fingerprint density at radius 2 is 1.94 bits per heavy atom. The maximum absolute atomic E-state index is 9.26. The van der Waals surface area contributed by atoms with Crippen molar-refractivity contribution >= 4 is 57.6 Å². The summed E-state index contributed by atoms with van der Waals surface area (Å²) >= 11 is 19.0. The summed E-state index contributed by atoms with van der Waals surface area (Å²) in [5.74, 6) is 1.29. The van der Waals surface area contributed by atoms with Crippen LogP contribution in [0.25, 0.3) is 11.1 Å². The van der Waals surface area contributed by atoms with Crippen LogP contribution >= 0.6 is 34.8 Å². The highest BCUT2D eigenvalue weighted by Gasteiger charge is 2.37. The zero-order valence-electron chi connectivity index (χ0n) is 19.1. The van der Waals surface area contributed by atoms with E-state index in [2.05, 4.69) is 15.1 Å². The Morgan fingerprint density at radius 3 is 2.71 bits per heavy atom. The summed E-state index contributed by atoms with van der Waals surface area (Å²) in [6, 6.07) is 9.73. The summed E-state index contributed by atoms with van der Waals surface area (Å²) in [6.45, 7) is 7.07. The lowest BCUT2D eigenvalue weighted by atomic mass is 9.81. The first-order chi connectivity index (χ1) is 16.4. The van der Waals surface area contributed by atoms with Gasteiger partial charge >= 0.3 is 0 Å². The topological polar surface area (TPSA) is 64.8 Å². The number of anilines is 2. The van der Waals surface area contributed by atoms with E-state index in [0.29, 0.717) is 44.2 Å². The molecule has 3 aromatic rings. The molecule has 34 heavy (non-hydrogen) atoms. The number of aliphatic hydroxyl groups is 1. The predicted octanol–water partition coefficient (Wildman–Crippen LogP) is 6.10. The Kier molecular flexibility index (Phi) is 7.14.